The lowest BCUT2D eigenvalue weighted by atomic mass is 9.99. The van der Waals surface area contributed by atoms with Crippen molar-refractivity contribution in [3.8, 4) is 6.07 Å². The minimum Gasteiger partial charge on any atom is -0.382 e. The Bertz CT molecular complexity index is 965. The molecule has 0 saturated heterocycles. The van der Waals surface area contributed by atoms with Gasteiger partial charge in [0.05, 0.1) is 18.1 Å². The van der Waals surface area contributed by atoms with Gasteiger partial charge >= 0.3 is 0 Å². The Kier molecular flexibility index (Phi) is 3.54. The number of nitrogens with two attached hydrogens (primary N) is 1. The molecule has 3 rings (SSSR count). The van der Waals surface area contributed by atoms with Gasteiger partial charge in [-0.1, -0.05) is 18.2 Å². The van der Waals surface area contributed by atoms with Gasteiger partial charge in [0, 0.05) is 11.1 Å². The molecule has 0 atom stereocenters. The number of anilines is 1. The number of rotatable bonds is 2. The lowest BCUT2D eigenvalue weighted by molar-refractivity contribution is 0.0901. The van der Waals surface area contributed by atoms with Gasteiger partial charge in [0.1, 0.15) is 17.5 Å². The van der Waals surface area contributed by atoms with E-state index in [1.807, 2.05) is 44.2 Å². The van der Waals surface area contributed by atoms with E-state index < -0.39 is 0 Å². The molecule has 0 fully saturated rings. The third-order valence-electron chi connectivity index (χ3n) is 3.98. The van der Waals surface area contributed by atoms with E-state index in [4.69, 9.17) is 11.0 Å². The Labute approximate surface area is 133 Å². The Morgan fingerprint density at radius 1 is 1.35 bits per heavy atom. The minimum atomic E-state index is -0.285. The Balaban J connectivity index is 2.03. The lowest BCUT2D eigenvalue weighted by Gasteiger charge is -2.12. The molecule has 114 valence electrons. The normalized spacial score (nSPS) is 10.7. The van der Waals surface area contributed by atoms with Crippen molar-refractivity contribution < 1.29 is 4.79 Å². The van der Waals surface area contributed by atoms with Crippen molar-refractivity contribution in [2.24, 2.45) is 0 Å². The maximum atomic E-state index is 12.5. The molecule has 0 radical (unpaired) electrons. The number of fused-ring (bicyclic) bond motifs is 1. The fraction of sp³-hybridized carbons (Fsp3) is 0.176. The van der Waals surface area contributed by atoms with Gasteiger partial charge in [-0.3, -0.25) is 9.78 Å². The molecule has 0 aliphatic carbocycles. The monoisotopic (exact) mass is 305 g/mol. The first kappa shape index (κ1) is 14.7. The van der Waals surface area contributed by atoms with E-state index in [0.29, 0.717) is 0 Å². The molecule has 6 heteroatoms. The number of aryl methyl sites for hydroxylation is 2. The van der Waals surface area contributed by atoms with E-state index in [2.05, 4.69) is 10.1 Å². The number of hydrogen-bond acceptors (Lipinski definition) is 5. The third kappa shape index (κ3) is 2.42. The van der Waals surface area contributed by atoms with Crippen molar-refractivity contribution in [3.05, 3.63) is 52.8 Å². The van der Waals surface area contributed by atoms with Gasteiger partial charge in [0.2, 0.25) is 0 Å². The molecule has 0 aliphatic rings. The zero-order valence-corrected chi connectivity index (χ0v) is 12.9. The summed E-state index contributed by atoms with van der Waals surface area (Å²) in [6.07, 6.45) is 1.43. The second-order valence-electron chi connectivity index (χ2n) is 5.36. The van der Waals surface area contributed by atoms with E-state index in [1.54, 1.807) is 0 Å². The highest BCUT2D eigenvalue weighted by Gasteiger charge is 2.17. The molecule has 0 aliphatic heterocycles. The Morgan fingerprint density at radius 3 is 2.78 bits per heavy atom. The zero-order valence-electron chi connectivity index (χ0n) is 12.9. The molecule has 1 aromatic carbocycles. The van der Waals surface area contributed by atoms with Crippen molar-refractivity contribution in [1.29, 1.82) is 5.26 Å². The summed E-state index contributed by atoms with van der Waals surface area (Å²) in [4.78, 5) is 17.0. The molecule has 0 bridgehead atoms. The third-order valence-corrected chi connectivity index (χ3v) is 3.98. The highest BCUT2D eigenvalue weighted by atomic mass is 16.2. The Hall–Kier alpha value is -3.20. The first-order chi connectivity index (χ1) is 11.0. The van der Waals surface area contributed by atoms with Crippen LogP contribution in [-0.4, -0.2) is 20.7 Å². The summed E-state index contributed by atoms with van der Waals surface area (Å²) >= 11 is 0. The summed E-state index contributed by atoms with van der Waals surface area (Å²) in [6, 6.07) is 9.73. The van der Waals surface area contributed by atoms with Gasteiger partial charge in [-0.2, -0.15) is 15.0 Å². The number of para-hydroxylation sites is 1. The average Bonchev–Trinajstić information content (AvgIpc) is 2.92. The maximum Gasteiger partial charge on any atom is 0.253 e. The van der Waals surface area contributed by atoms with Crippen molar-refractivity contribution in [2.75, 3.05) is 5.73 Å². The molecule has 23 heavy (non-hydrogen) atoms. The van der Waals surface area contributed by atoms with Crippen LogP contribution in [0.25, 0.3) is 10.9 Å². The number of aromatic nitrogens is 3. The number of nitriles is 1. The van der Waals surface area contributed by atoms with E-state index in [-0.39, 0.29) is 23.7 Å². The summed E-state index contributed by atoms with van der Waals surface area (Å²) in [5, 5.41) is 13.8. The predicted molar refractivity (Wildman–Crippen MR) is 86.9 cm³/mol. The van der Waals surface area contributed by atoms with E-state index >= 15 is 0 Å². The highest BCUT2D eigenvalue weighted by Crippen LogP contribution is 2.23. The fourth-order valence-electron chi connectivity index (χ4n) is 2.70. The summed E-state index contributed by atoms with van der Waals surface area (Å²) in [7, 11) is 0. The van der Waals surface area contributed by atoms with Crippen LogP contribution in [0, 0.1) is 25.2 Å². The number of pyridine rings is 1. The van der Waals surface area contributed by atoms with Crippen LogP contribution in [0.5, 0.6) is 0 Å². The van der Waals surface area contributed by atoms with E-state index in [1.165, 1.54) is 6.20 Å². The quantitative estimate of drug-likeness (QED) is 0.784. The van der Waals surface area contributed by atoms with Crippen LogP contribution in [0.4, 0.5) is 5.82 Å². The molecule has 2 N–H and O–H groups in total. The zero-order chi connectivity index (χ0) is 16.6. The maximum absolute atomic E-state index is 12.5. The summed E-state index contributed by atoms with van der Waals surface area (Å²) < 4.78 is 1.08. The standard InChI is InChI=1S/C17H15N5O/c1-10-13-5-3-4-6-15(13)21-11(2)14(10)7-16(23)22-17(19)12(8-18)9-20-22/h3-6,9H,7,19H2,1-2H3. The highest BCUT2D eigenvalue weighted by molar-refractivity contribution is 5.88. The molecule has 0 spiro atoms. The molecular formula is C17H15N5O. The van der Waals surface area contributed by atoms with E-state index in [9.17, 15) is 4.79 Å². The van der Waals surface area contributed by atoms with Crippen LogP contribution in [0.15, 0.2) is 30.5 Å². The SMILES string of the molecule is Cc1nc2ccccc2c(C)c1CC(=O)n1ncc(C#N)c1N. The van der Waals surface area contributed by atoms with Gasteiger partial charge in [0.25, 0.3) is 5.91 Å². The molecule has 6 nitrogen and oxygen atoms in total. The van der Waals surface area contributed by atoms with Crippen LogP contribution in [0.3, 0.4) is 0 Å². The number of carbonyl (C=O) groups is 1. The van der Waals surface area contributed by atoms with Gasteiger partial charge in [-0.25, -0.2) is 0 Å². The first-order valence-corrected chi connectivity index (χ1v) is 7.14. The largest absolute Gasteiger partial charge is 0.382 e. The van der Waals surface area contributed by atoms with Crippen molar-refractivity contribution in [3.63, 3.8) is 0 Å². The second-order valence-corrected chi connectivity index (χ2v) is 5.36. The minimum absolute atomic E-state index is 0.0709. The number of hydrogen-bond donors (Lipinski definition) is 1. The average molecular weight is 305 g/mol. The molecule has 0 saturated carbocycles. The summed E-state index contributed by atoms with van der Waals surface area (Å²) in [6.45, 7) is 3.86. The van der Waals surface area contributed by atoms with Crippen molar-refractivity contribution >= 4 is 22.6 Å². The number of nitrogens with zero attached hydrogens (tertiary/aromatic N) is 4. The van der Waals surface area contributed by atoms with Gasteiger partial charge in [-0.15, -0.1) is 0 Å². The smallest absolute Gasteiger partial charge is 0.253 e. The number of benzene rings is 1. The molecular weight excluding hydrogens is 290 g/mol. The van der Waals surface area contributed by atoms with Crippen molar-refractivity contribution in [1.82, 2.24) is 14.8 Å². The van der Waals surface area contributed by atoms with Crippen LogP contribution in [-0.2, 0) is 6.42 Å². The number of nitrogen functional groups attached to an aromatic ring is 1. The van der Waals surface area contributed by atoms with Crippen LogP contribution < -0.4 is 5.73 Å². The summed E-state index contributed by atoms with van der Waals surface area (Å²) in [5.74, 6) is -0.214. The molecule has 2 aromatic heterocycles. The molecule has 3 aromatic rings. The lowest BCUT2D eigenvalue weighted by Crippen LogP contribution is -2.19. The van der Waals surface area contributed by atoms with Gasteiger partial charge in [-0.05, 0) is 31.0 Å². The molecule has 0 unspecified atom stereocenters. The topological polar surface area (TPSA) is 97.6 Å². The van der Waals surface area contributed by atoms with Gasteiger partial charge < -0.3 is 5.73 Å². The van der Waals surface area contributed by atoms with Crippen LogP contribution >= 0.6 is 0 Å². The molecule has 0 amide bonds. The predicted octanol–water partition coefficient (Wildman–Crippen LogP) is 2.38. The first-order valence-electron chi connectivity index (χ1n) is 7.14. The number of carbonyl (C=O) groups excluding carboxylic acids is 1. The Morgan fingerprint density at radius 2 is 2.09 bits per heavy atom. The summed E-state index contributed by atoms with van der Waals surface area (Å²) in [5.41, 5.74) is 9.57. The molecule has 2 heterocycles. The van der Waals surface area contributed by atoms with Crippen LogP contribution in [0.2, 0.25) is 0 Å². The van der Waals surface area contributed by atoms with Gasteiger partial charge in [0.15, 0.2) is 0 Å². The van der Waals surface area contributed by atoms with Crippen molar-refractivity contribution in [2.45, 2.75) is 20.3 Å². The van der Waals surface area contributed by atoms with E-state index in [0.717, 1.165) is 32.4 Å². The van der Waals surface area contributed by atoms with Crippen LogP contribution in [0.1, 0.15) is 27.2 Å². The second kappa shape index (κ2) is 5.54. The fourth-order valence-corrected chi connectivity index (χ4v) is 2.70.